The zero-order valence-electron chi connectivity index (χ0n) is 14.2. The summed E-state index contributed by atoms with van der Waals surface area (Å²) in [7, 11) is 0. The number of benzene rings is 1. The van der Waals surface area contributed by atoms with Crippen LogP contribution < -0.4 is 10.2 Å². The average Bonchev–Trinajstić information content (AvgIpc) is 2.79. The van der Waals surface area contributed by atoms with Crippen molar-refractivity contribution in [2.24, 2.45) is 0 Å². The van der Waals surface area contributed by atoms with Gasteiger partial charge < -0.3 is 10.2 Å². The van der Waals surface area contributed by atoms with Crippen LogP contribution in [-0.4, -0.2) is 45.9 Å². The number of aromatic nitrogens is 4. The van der Waals surface area contributed by atoms with Gasteiger partial charge in [-0.15, -0.1) is 0 Å². The highest BCUT2D eigenvalue weighted by Crippen LogP contribution is 2.29. The Bertz CT molecular complexity index is 847. The molecule has 24 heavy (non-hydrogen) atoms. The zero-order chi connectivity index (χ0) is 16.5. The van der Waals surface area contributed by atoms with Gasteiger partial charge in [-0.05, 0) is 38.9 Å². The largest absolute Gasteiger partial charge is 0.355 e. The van der Waals surface area contributed by atoms with E-state index in [0.29, 0.717) is 0 Å². The van der Waals surface area contributed by atoms with Gasteiger partial charge in [0.1, 0.15) is 11.6 Å². The van der Waals surface area contributed by atoms with Gasteiger partial charge in [-0.25, -0.2) is 14.6 Å². The lowest BCUT2D eigenvalue weighted by molar-refractivity contribution is 0.724. The number of aryl methyl sites for hydroxylation is 2. The molecule has 1 fully saturated rings. The van der Waals surface area contributed by atoms with Crippen molar-refractivity contribution < 1.29 is 0 Å². The Morgan fingerprint density at radius 3 is 2.67 bits per heavy atom. The molecular weight excluding hydrogens is 300 g/mol. The molecule has 1 N–H and O–H groups in total. The summed E-state index contributed by atoms with van der Waals surface area (Å²) in [4.78, 5) is 11.8. The van der Waals surface area contributed by atoms with Crippen LogP contribution in [0.3, 0.4) is 0 Å². The summed E-state index contributed by atoms with van der Waals surface area (Å²) in [6, 6.07) is 10.2. The van der Waals surface area contributed by atoms with Gasteiger partial charge in [0.15, 0.2) is 5.65 Å². The van der Waals surface area contributed by atoms with E-state index < -0.39 is 0 Å². The minimum absolute atomic E-state index is 0.784. The first-order chi connectivity index (χ1) is 11.7. The second-order valence-corrected chi connectivity index (χ2v) is 6.22. The summed E-state index contributed by atoms with van der Waals surface area (Å²) in [5.74, 6) is 1.80. The first kappa shape index (κ1) is 15.1. The summed E-state index contributed by atoms with van der Waals surface area (Å²) in [6.45, 7) is 8.01. The van der Waals surface area contributed by atoms with Gasteiger partial charge in [-0.1, -0.05) is 18.2 Å². The maximum atomic E-state index is 4.77. The molecular formula is C18H22N6. The molecule has 2 aromatic heterocycles. The predicted octanol–water partition coefficient (Wildman–Crippen LogP) is 2.23. The van der Waals surface area contributed by atoms with Gasteiger partial charge in [-0.2, -0.15) is 5.10 Å². The number of para-hydroxylation sites is 1. The Labute approximate surface area is 141 Å². The zero-order valence-corrected chi connectivity index (χ0v) is 14.2. The molecule has 0 saturated carbocycles. The fraction of sp³-hybridized carbons (Fsp3) is 0.389. The highest BCUT2D eigenvalue weighted by Gasteiger charge is 2.21. The van der Waals surface area contributed by atoms with Crippen molar-refractivity contribution in [3.8, 4) is 5.69 Å². The van der Waals surface area contributed by atoms with Gasteiger partial charge in [0.2, 0.25) is 0 Å². The van der Waals surface area contributed by atoms with Gasteiger partial charge in [0, 0.05) is 19.6 Å². The molecule has 1 aliphatic rings. The molecule has 3 heterocycles. The normalized spacial score (nSPS) is 15.7. The van der Waals surface area contributed by atoms with Crippen LogP contribution in [-0.2, 0) is 0 Å². The van der Waals surface area contributed by atoms with Crippen molar-refractivity contribution in [1.82, 2.24) is 25.1 Å². The molecule has 0 amide bonds. The maximum absolute atomic E-state index is 4.77. The molecule has 0 radical (unpaired) electrons. The molecule has 3 aromatic rings. The lowest BCUT2D eigenvalue weighted by atomic mass is 10.2. The van der Waals surface area contributed by atoms with E-state index in [-0.39, 0.29) is 0 Å². The highest BCUT2D eigenvalue weighted by molar-refractivity contribution is 5.90. The Hall–Kier alpha value is -2.47. The third-order valence-electron chi connectivity index (χ3n) is 4.44. The Balaban J connectivity index is 1.91. The van der Waals surface area contributed by atoms with E-state index in [9.17, 15) is 0 Å². The maximum Gasteiger partial charge on any atom is 0.168 e. The van der Waals surface area contributed by atoms with Crippen LogP contribution in [0.5, 0.6) is 0 Å². The van der Waals surface area contributed by atoms with Crippen molar-refractivity contribution in [3.05, 3.63) is 41.9 Å². The fourth-order valence-electron chi connectivity index (χ4n) is 3.30. The van der Waals surface area contributed by atoms with Gasteiger partial charge in [0.25, 0.3) is 0 Å². The molecule has 0 spiro atoms. The van der Waals surface area contributed by atoms with Crippen LogP contribution in [0.25, 0.3) is 16.7 Å². The Morgan fingerprint density at radius 2 is 1.83 bits per heavy atom. The fourth-order valence-corrected chi connectivity index (χ4v) is 3.30. The summed E-state index contributed by atoms with van der Waals surface area (Å²) in [5.41, 5.74) is 2.89. The highest BCUT2D eigenvalue weighted by atomic mass is 15.3. The van der Waals surface area contributed by atoms with E-state index in [0.717, 1.165) is 66.7 Å². The molecule has 6 heteroatoms. The number of nitrogens with zero attached hydrogens (tertiary/aromatic N) is 5. The molecule has 4 rings (SSSR count). The predicted molar refractivity (Wildman–Crippen MR) is 95.8 cm³/mol. The lowest BCUT2D eigenvalue weighted by Crippen LogP contribution is -2.29. The van der Waals surface area contributed by atoms with Crippen LogP contribution in [0.2, 0.25) is 0 Å². The summed E-state index contributed by atoms with van der Waals surface area (Å²) < 4.78 is 1.93. The minimum atomic E-state index is 0.784. The third-order valence-corrected chi connectivity index (χ3v) is 4.44. The Morgan fingerprint density at radius 1 is 1.00 bits per heavy atom. The summed E-state index contributed by atoms with van der Waals surface area (Å²) in [6.07, 6.45) is 1.12. The molecule has 0 bridgehead atoms. The second kappa shape index (κ2) is 6.20. The van der Waals surface area contributed by atoms with Crippen molar-refractivity contribution in [2.75, 3.05) is 31.1 Å². The lowest BCUT2D eigenvalue weighted by Gasteiger charge is -2.22. The molecule has 0 unspecified atom stereocenters. The first-order valence-electron chi connectivity index (χ1n) is 8.49. The van der Waals surface area contributed by atoms with E-state index in [1.54, 1.807) is 0 Å². The van der Waals surface area contributed by atoms with Gasteiger partial charge in [0.05, 0.1) is 16.8 Å². The first-order valence-corrected chi connectivity index (χ1v) is 8.49. The number of hydrogen-bond donors (Lipinski definition) is 1. The van der Waals surface area contributed by atoms with Crippen LogP contribution in [0.15, 0.2) is 30.3 Å². The molecule has 1 aromatic carbocycles. The van der Waals surface area contributed by atoms with Crippen molar-refractivity contribution in [3.63, 3.8) is 0 Å². The van der Waals surface area contributed by atoms with Gasteiger partial charge >= 0.3 is 0 Å². The molecule has 0 atom stereocenters. The van der Waals surface area contributed by atoms with E-state index in [1.807, 2.05) is 36.7 Å². The number of rotatable bonds is 2. The van der Waals surface area contributed by atoms with Crippen molar-refractivity contribution in [1.29, 1.82) is 0 Å². The minimum Gasteiger partial charge on any atom is -0.355 e. The third kappa shape index (κ3) is 2.63. The van der Waals surface area contributed by atoms with Crippen LogP contribution in [0, 0.1) is 13.8 Å². The van der Waals surface area contributed by atoms with Gasteiger partial charge in [-0.3, -0.25) is 0 Å². The van der Waals surface area contributed by atoms with Crippen LogP contribution in [0.1, 0.15) is 17.9 Å². The monoisotopic (exact) mass is 322 g/mol. The standard InChI is InChI=1S/C18H22N6/c1-13-16-17(23-11-6-9-19-10-12-23)20-14(2)21-18(16)24(22-13)15-7-4-3-5-8-15/h3-5,7-8,19H,6,9-12H2,1-2H3. The average molecular weight is 322 g/mol. The van der Waals surface area contributed by atoms with E-state index in [2.05, 4.69) is 22.3 Å². The van der Waals surface area contributed by atoms with Crippen LogP contribution in [0.4, 0.5) is 5.82 Å². The Kier molecular flexibility index (Phi) is 3.90. The summed E-state index contributed by atoms with van der Waals surface area (Å²) in [5, 5.41) is 9.26. The second-order valence-electron chi connectivity index (χ2n) is 6.22. The number of fused-ring (bicyclic) bond motifs is 1. The number of nitrogens with one attached hydrogen (secondary N) is 1. The van der Waals surface area contributed by atoms with Crippen LogP contribution >= 0.6 is 0 Å². The summed E-state index contributed by atoms with van der Waals surface area (Å²) >= 11 is 0. The molecule has 1 saturated heterocycles. The number of anilines is 1. The van der Waals surface area contributed by atoms with E-state index in [1.165, 1.54) is 0 Å². The van der Waals surface area contributed by atoms with E-state index in [4.69, 9.17) is 15.1 Å². The SMILES string of the molecule is Cc1nc(N2CCCNCC2)c2c(C)nn(-c3ccccc3)c2n1. The van der Waals surface area contributed by atoms with Crippen molar-refractivity contribution >= 4 is 16.9 Å². The molecule has 0 aliphatic carbocycles. The molecule has 6 nitrogen and oxygen atoms in total. The van der Waals surface area contributed by atoms with Crippen molar-refractivity contribution in [2.45, 2.75) is 20.3 Å². The topological polar surface area (TPSA) is 58.9 Å². The number of hydrogen-bond acceptors (Lipinski definition) is 5. The smallest absolute Gasteiger partial charge is 0.168 e. The molecule has 124 valence electrons. The quantitative estimate of drug-likeness (QED) is 0.784. The molecule has 1 aliphatic heterocycles. The van der Waals surface area contributed by atoms with E-state index >= 15 is 0 Å².